The lowest BCUT2D eigenvalue weighted by molar-refractivity contribution is -0.170. The van der Waals surface area contributed by atoms with Gasteiger partial charge in [0.25, 0.3) is 0 Å². The Morgan fingerprint density at radius 1 is 1.08 bits per heavy atom. The van der Waals surface area contributed by atoms with Gasteiger partial charge in [0.15, 0.2) is 0 Å². The largest absolute Gasteiger partial charge is 0.389 e. The summed E-state index contributed by atoms with van der Waals surface area (Å²) in [4.78, 5) is 0. The van der Waals surface area contributed by atoms with E-state index in [0.717, 1.165) is 12.3 Å². The van der Waals surface area contributed by atoms with Gasteiger partial charge in [0.05, 0.1) is 5.60 Å². The maximum absolute atomic E-state index is 10.5. The van der Waals surface area contributed by atoms with E-state index in [2.05, 4.69) is 13.8 Å². The normalized spacial score (nSPS) is 47.3. The van der Waals surface area contributed by atoms with E-state index in [1.165, 1.54) is 32.1 Å². The molecule has 0 spiro atoms. The van der Waals surface area contributed by atoms with Crippen LogP contribution >= 0.6 is 0 Å². The first kappa shape index (κ1) is 9.51. The lowest BCUT2D eigenvalue weighted by Crippen LogP contribution is -2.56. The molecule has 0 saturated heterocycles. The molecule has 0 radical (unpaired) electrons. The molecule has 3 atom stereocenters. The van der Waals surface area contributed by atoms with E-state index < -0.39 is 0 Å². The van der Waals surface area contributed by atoms with Gasteiger partial charge in [0.2, 0.25) is 0 Å². The molecule has 2 fully saturated rings. The molecule has 76 valence electrons. The summed E-state index contributed by atoms with van der Waals surface area (Å²) in [5, 5.41) is 10.5. The van der Waals surface area contributed by atoms with Crippen LogP contribution in [0.5, 0.6) is 0 Å². The smallest absolute Gasteiger partial charge is 0.0706 e. The summed E-state index contributed by atoms with van der Waals surface area (Å²) in [6, 6.07) is 0. The average Bonchev–Trinajstić information content (AvgIpc) is 2.19. The number of hydrogen-bond donors (Lipinski definition) is 1. The fourth-order valence-electron chi connectivity index (χ4n) is 3.35. The molecule has 2 aliphatic carbocycles. The van der Waals surface area contributed by atoms with Crippen molar-refractivity contribution in [1.29, 1.82) is 0 Å². The van der Waals surface area contributed by atoms with Crippen LogP contribution in [-0.4, -0.2) is 10.7 Å². The Balaban J connectivity index is 1.98. The van der Waals surface area contributed by atoms with E-state index in [0.29, 0.717) is 11.8 Å². The zero-order valence-electron chi connectivity index (χ0n) is 8.92. The van der Waals surface area contributed by atoms with E-state index in [1.54, 1.807) is 0 Å². The molecule has 13 heavy (non-hydrogen) atoms. The molecular formula is C12H22O. The first-order chi connectivity index (χ1) is 6.14. The van der Waals surface area contributed by atoms with Gasteiger partial charge in [-0.2, -0.15) is 0 Å². The van der Waals surface area contributed by atoms with E-state index in [4.69, 9.17) is 0 Å². The Morgan fingerprint density at radius 2 is 1.69 bits per heavy atom. The Labute approximate surface area is 81.5 Å². The van der Waals surface area contributed by atoms with Gasteiger partial charge >= 0.3 is 0 Å². The van der Waals surface area contributed by atoms with Crippen LogP contribution in [0.4, 0.5) is 0 Å². The third-order valence-corrected chi connectivity index (χ3v) is 4.60. The molecule has 0 heterocycles. The van der Waals surface area contributed by atoms with Crippen molar-refractivity contribution in [2.75, 3.05) is 0 Å². The van der Waals surface area contributed by atoms with Gasteiger partial charge in [-0.15, -0.1) is 0 Å². The fourth-order valence-corrected chi connectivity index (χ4v) is 3.35. The molecule has 0 bridgehead atoms. The van der Waals surface area contributed by atoms with Crippen molar-refractivity contribution < 1.29 is 5.11 Å². The molecule has 0 aromatic rings. The van der Waals surface area contributed by atoms with Gasteiger partial charge < -0.3 is 5.11 Å². The summed E-state index contributed by atoms with van der Waals surface area (Å²) >= 11 is 0. The summed E-state index contributed by atoms with van der Waals surface area (Å²) in [5.74, 6) is 1.90. The van der Waals surface area contributed by atoms with Crippen molar-refractivity contribution in [1.82, 2.24) is 0 Å². The lowest BCUT2D eigenvalue weighted by Gasteiger charge is -2.54. The summed E-state index contributed by atoms with van der Waals surface area (Å²) in [7, 11) is 0. The van der Waals surface area contributed by atoms with Crippen LogP contribution in [-0.2, 0) is 0 Å². The third-order valence-electron chi connectivity index (χ3n) is 4.60. The fraction of sp³-hybridized carbons (Fsp3) is 1.00. The highest BCUT2D eigenvalue weighted by Gasteiger charge is 2.52. The number of hydrogen-bond acceptors (Lipinski definition) is 1. The summed E-state index contributed by atoms with van der Waals surface area (Å²) < 4.78 is 0. The highest BCUT2D eigenvalue weighted by atomic mass is 16.3. The van der Waals surface area contributed by atoms with Crippen LogP contribution in [0.15, 0.2) is 0 Å². The SMILES string of the molecule is CC1CC(O)(C2CCCCC2)C1C. The highest BCUT2D eigenvalue weighted by molar-refractivity contribution is 5.02. The van der Waals surface area contributed by atoms with Gasteiger partial charge in [-0.3, -0.25) is 0 Å². The Morgan fingerprint density at radius 3 is 2.15 bits per heavy atom. The van der Waals surface area contributed by atoms with Crippen molar-refractivity contribution in [3.8, 4) is 0 Å². The molecule has 3 unspecified atom stereocenters. The zero-order chi connectivity index (χ0) is 9.47. The van der Waals surface area contributed by atoms with Crippen molar-refractivity contribution in [3.63, 3.8) is 0 Å². The maximum atomic E-state index is 10.5. The maximum Gasteiger partial charge on any atom is 0.0706 e. The van der Waals surface area contributed by atoms with Crippen molar-refractivity contribution in [2.24, 2.45) is 17.8 Å². The van der Waals surface area contributed by atoms with E-state index in [9.17, 15) is 5.11 Å². The predicted octanol–water partition coefficient (Wildman–Crippen LogP) is 2.97. The van der Waals surface area contributed by atoms with E-state index in [1.807, 2.05) is 0 Å². The summed E-state index contributed by atoms with van der Waals surface area (Å²) in [5.41, 5.74) is -0.278. The Bertz CT molecular complexity index is 184. The molecule has 2 saturated carbocycles. The first-order valence-electron chi connectivity index (χ1n) is 5.87. The van der Waals surface area contributed by atoms with Crippen LogP contribution < -0.4 is 0 Å². The monoisotopic (exact) mass is 182 g/mol. The van der Waals surface area contributed by atoms with E-state index >= 15 is 0 Å². The molecule has 0 aromatic heterocycles. The van der Waals surface area contributed by atoms with Gasteiger partial charge in [0.1, 0.15) is 0 Å². The van der Waals surface area contributed by atoms with Crippen molar-refractivity contribution in [2.45, 2.75) is 58.0 Å². The minimum Gasteiger partial charge on any atom is -0.389 e. The molecule has 2 aliphatic rings. The molecule has 0 aromatic carbocycles. The third kappa shape index (κ3) is 1.41. The molecule has 0 amide bonds. The van der Waals surface area contributed by atoms with Crippen LogP contribution in [0.1, 0.15) is 52.4 Å². The molecular weight excluding hydrogens is 160 g/mol. The number of aliphatic hydroxyl groups is 1. The van der Waals surface area contributed by atoms with Crippen molar-refractivity contribution in [3.05, 3.63) is 0 Å². The molecule has 2 rings (SSSR count). The second-order valence-electron chi connectivity index (χ2n) is 5.30. The molecule has 0 aliphatic heterocycles. The van der Waals surface area contributed by atoms with Crippen LogP contribution in [0, 0.1) is 17.8 Å². The highest BCUT2D eigenvalue weighted by Crippen LogP contribution is 2.51. The second kappa shape index (κ2) is 3.27. The van der Waals surface area contributed by atoms with Gasteiger partial charge in [-0.25, -0.2) is 0 Å². The average molecular weight is 182 g/mol. The lowest BCUT2D eigenvalue weighted by atomic mass is 9.55. The Kier molecular flexibility index (Phi) is 2.39. The van der Waals surface area contributed by atoms with Crippen LogP contribution in [0.3, 0.4) is 0 Å². The summed E-state index contributed by atoms with van der Waals surface area (Å²) in [6.45, 7) is 4.49. The zero-order valence-corrected chi connectivity index (χ0v) is 8.92. The van der Waals surface area contributed by atoms with E-state index in [-0.39, 0.29) is 5.60 Å². The first-order valence-corrected chi connectivity index (χ1v) is 5.87. The van der Waals surface area contributed by atoms with Gasteiger partial charge in [0, 0.05) is 0 Å². The minimum atomic E-state index is -0.278. The minimum absolute atomic E-state index is 0.278. The quantitative estimate of drug-likeness (QED) is 0.661. The van der Waals surface area contributed by atoms with Crippen LogP contribution in [0.25, 0.3) is 0 Å². The second-order valence-corrected chi connectivity index (χ2v) is 5.30. The number of rotatable bonds is 1. The Hall–Kier alpha value is -0.0400. The topological polar surface area (TPSA) is 20.2 Å². The molecule has 1 N–H and O–H groups in total. The predicted molar refractivity (Wildman–Crippen MR) is 54.5 cm³/mol. The van der Waals surface area contributed by atoms with Gasteiger partial charge in [-0.1, -0.05) is 33.1 Å². The molecule has 1 heteroatoms. The van der Waals surface area contributed by atoms with Crippen LogP contribution in [0.2, 0.25) is 0 Å². The van der Waals surface area contributed by atoms with Crippen molar-refractivity contribution >= 4 is 0 Å². The molecule has 1 nitrogen and oxygen atoms in total. The van der Waals surface area contributed by atoms with Gasteiger partial charge in [-0.05, 0) is 37.0 Å². The summed E-state index contributed by atoms with van der Waals surface area (Å²) in [6.07, 6.45) is 7.67. The standard InChI is InChI=1S/C12H22O/c1-9-8-12(13,10(9)2)11-6-4-3-5-7-11/h9-11,13H,3-8H2,1-2H3.